The summed E-state index contributed by atoms with van der Waals surface area (Å²) in [5.41, 5.74) is 8.37. The van der Waals surface area contributed by atoms with Crippen LogP contribution < -0.4 is 0 Å². The zero-order valence-electron chi connectivity index (χ0n) is 17.2. The van der Waals surface area contributed by atoms with Crippen molar-refractivity contribution < 1.29 is 43.0 Å². The van der Waals surface area contributed by atoms with E-state index in [0.717, 1.165) is 0 Å². The molecule has 0 aromatic carbocycles. The van der Waals surface area contributed by atoms with Crippen molar-refractivity contribution in [3.8, 4) is 0 Å². The van der Waals surface area contributed by atoms with Gasteiger partial charge in [0.1, 0.15) is 0 Å². The first-order valence-corrected chi connectivity index (χ1v) is 9.57. The third kappa shape index (κ3) is 23.1. The van der Waals surface area contributed by atoms with Crippen molar-refractivity contribution >= 4 is 0 Å². The van der Waals surface area contributed by atoms with Crippen LogP contribution in [0.15, 0.2) is 5.11 Å². The van der Waals surface area contributed by atoms with Crippen molar-refractivity contribution in [1.29, 1.82) is 0 Å². The van der Waals surface area contributed by atoms with Crippen molar-refractivity contribution in [3.63, 3.8) is 0 Å². The summed E-state index contributed by atoms with van der Waals surface area (Å²) in [6.07, 6.45) is -0.643. The van der Waals surface area contributed by atoms with E-state index in [1.165, 1.54) is 7.11 Å². The molecule has 0 heterocycles. The molecule has 12 nitrogen and oxygen atoms in total. The van der Waals surface area contributed by atoms with E-state index in [1.807, 2.05) is 0 Å². The summed E-state index contributed by atoms with van der Waals surface area (Å²) in [6, 6.07) is 0. The van der Waals surface area contributed by atoms with Gasteiger partial charge in [-0.05, 0) is 5.53 Å². The highest BCUT2D eigenvalue weighted by molar-refractivity contribution is 4.54. The van der Waals surface area contributed by atoms with E-state index in [0.29, 0.717) is 85.9 Å². The van der Waals surface area contributed by atoms with Crippen LogP contribution in [0, 0.1) is 0 Å². The average molecular weight is 425 g/mol. The van der Waals surface area contributed by atoms with Gasteiger partial charge < -0.3 is 43.0 Å². The second-order valence-corrected chi connectivity index (χ2v) is 5.38. The number of nitrogens with zero attached hydrogens (tertiary/aromatic N) is 3. The Morgan fingerprint density at radius 1 is 0.690 bits per heavy atom. The third-order valence-corrected chi connectivity index (χ3v) is 3.12. The van der Waals surface area contributed by atoms with Crippen LogP contribution >= 0.6 is 0 Å². The predicted molar refractivity (Wildman–Crippen MR) is 103 cm³/mol. The van der Waals surface area contributed by atoms with Crippen LogP contribution in [-0.4, -0.2) is 118 Å². The number of hydrogen-bond donors (Lipinski definition) is 1. The number of aliphatic hydroxyl groups is 1. The highest BCUT2D eigenvalue weighted by Gasteiger charge is 2.05. The Morgan fingerprint density at radius 3 is 1.41 bits per heavy atom. The summed E-state index contributed by atoms with van der Waals surface area (Å²) in [6.45, 7) is 6.01. The molecule has 29 heavy (non-hydrogen) atoms. The second kappa shape index (κ2) is 25.0. The van der Waals surface area contributed by atoms with Crippen molar-refractivity contribution in [3.05, 3.63) is 10.4 Å². The smallest absolute Gasteiger partial charge is 0.159 e. The lowest BCUT2D eigenvalue weighted by Gasteiger charge is -2.11. The highest BCUT2D eigenvalue weighted by Crippen LogP contribution is 1.95. The first-order valence-electron chi connectivity index (χ1n) is 9.57. The molecule has 0 amide bonds. The molecule has 0 aromatic rings. The minimum atomic E-state index is -0.643. The van der Waals surface area contributed by atoms with Gasteiger partial charge in [0.15, 0.2) is 6.23 Å². The van der Waals surface area contributed by atoms with E-state index in [9.17, 15) is 0 Å². The van der Waals surface area contributed by atoms with E-state index in [1.54, 1.807) is 0 Å². The fourth-order valence-corrected chi connectivity index (χ4v) is 1.82. The zero-order chi connectivity index (χ0) is 21.3. The van der Waals surface area contributed by atoms with Crippen LogP contribution in [0.4, 0.5) is 0 Å². The molecule has 1 N–H and O–H groups in total. The minimum absolute atomic E-state index is 0.0225. The van der Waals surface area contributed by atoms with Crippen molar-refractivity contribution in [1.82, 2.24) is 0 Å². The van der Waals surface area contributed by atoms with Gasteiger partial charge in [-0.25, -0.2) is 0 Å². The van der Waals surface area contributed by atoms with Crippen molar-refractivity contribution in [2.24, 2.45) is 5.11 Å². The highest BCUT2D eigenvalue weighted by atomic mass is 16.6. The first-order chi connectivity index (χ1) is 14.3. The number of hydrogen-bond acceptors (Lipinski definition) is 10. The maximum absolute atomic E-state index is 8.52. The fourth-order valence-electron chi connectivity index (χ4n) is 1.82. The van der Waals surface area contributed by atoms with Crippen molar-refractivity contribution in [2.45, 2.75) is 6.23 Å². The summed E-state index contributed by atoms with van der Waals surface area (Å²) >= 11 is 0. The molecule has 0 aliphatic heterocycles. The summed E-state index contributed by atoms with van der Waals surface area (Å²) in [5.74, 6) is 0. The monoisotopic (exact) mass is 425 g/mol. The Kier molecular flexibility index (Phi) is 24.1. The SMILES string of the molecule is COCC(N=[N+]=[N-])OCCOCCOCCOCCOCCOCCOCCO. The maximum Gasteiger partial charge on any atom is 0.159 e. The molecule has 0 aliphatic rings. The molecule has 0 fully saturated rings. The number of rotatable bonds is 24. The van der Waals surface area contributed by atoms with Gasteiger partial charge in [-0.1, -0.05) is 5.11 Å². The van der Waals surface area contributed by atoms with Crippen LogP contribution in [0.3, 0.4) is 0 Å². The van der Waals surface area contributed by atoms with Crippen LogP contribution in [0.25, 0.3) is 10.4 Å². The van der Waals surface area contributed by atoms with Gasteiger partial charge in [0.05, 0.1) is 99.1 Å². The molecule has 0 radical (unpaired) electrons. The number of azide groups is 1. The molecular weight excluding hydrogens is 390 g/mol. The molecule has 12 heteroatoms. The van der Waals surface area contributed by atoms with E-state index in [4.69, 9.17) is 48.5 Å². The number of ether oxygens (including phenoxy) is 8. The summed E-state index contributed by atoms with van der Waals surface area (Å²) in [4.78, 5) is 2.68. The van der Waals surface area contributed by atoms with E-state index < -0.39 is 6.23 Å². The Hall–Kier alpha value is -1.05. The summed E-state index contributed by atoms with van der Waals surface area (Å²) < 4.78 is 41.9. The summed E-state index contributed by atoms with van der Waals surface area (Å²) in [5, 5.41) is 12.0. The molecule has 0 aromatic heterocycles. The van der Waals surface area contributed by atoms with Gasteiger partial charge in [-0.3, -0.25) is 0 Å². The van der Waals surface area contributed by atoms with Gasteiger partial charge in [-0.2, -0.15) is 0 Å². The minimum Gasteiger partial charge on any atom is -0.394 e. The predicted octanol–water partition coefficient (Wildman–Crippen LogP) is 0.378. The maximum atomic E-state index is 8.52. The van der Waals surface area contributed by atoms with Gasteiger partial charge >= 0.3 is 0 Å². The van der Waals surface area contributed by atoms with E-state index >= 15 is 0 Å². The Morgan fingerprint density at radius 2 is 1.07 bits per heavy atom. The molecule has 0 saturated heterocycles. The Balaban J connectivity index is 3.14. The van der Waals surface area contributed by atoms with Gasteiger partial charge in [0, 0.05) is 12.0 Å². The molecular formula is C17H35N3O9. The standard InChI is InChI=1S/C17H35N3O9/c1-22-16-17(19-20-18)29-15-14-28-13-12-27-11-10-26-9-8-25-7-6-24-5-4-23-3-2-21/h17,21H,2-16H2,1H3. The Labute approximate surface area is 171 Å². The Bertz CT molecular complexity index is 374. The van der Waals surface area contributed by atoms with E-state index in [2.05, 4.69) is 10.0 Å². The molecule has 1 unspecified atom stereocenters. The van der Waals surface area contributed by atoms with Gasteiger partial charge in [0.2, 0.25) is 0 Å². The molecule has 0 aliphatic carbocycles. The lowest BCUT2D eigenvalue weighted by atomic mass is 10.6. The number of aliphatic hydroxyl groups excluding tert-OH is 1. The largest absolute Gasteiger partial charge is 0.394 e. The molecule has 0 bridgehead atoms. The van der Waals surface area contributed by atoms with Crippen molar-refractivity contribution in [2.75, 3.05) is 106 Å². The second-order valence-electron chi connectivity index (χ2n) is 5.38. The van der Waals surface area contributed by atoms with Gasteiger partial charge in [0.25, 0.3) is 0 Å². The van der Waals surface area contributed by atoms with Gasteiger partial charge in [-0.15, -0.1) is 0 Å². The average Bonchev–Trinajstić information content (AvgIpc) is 2.72. The number of methoxy groups -OCH3 is 1. The normalized spacial score (nSPS) is 12.1. The molecule has 172 valence electrons. The lowest BCUT2D eigenvalue weighted by Crippen LogP contribution is -2.19. The quantitative estimate of drug-likeness (QED) is 0.100. The summed E-state index contributed by atoms with van der Waals surface area (Å²) in [7, 11) is 1.50. The third-order valence-electron chi connectivity index (χ3n) is 3.12. The molecule has 0 rings (SSSR count). The topological polar surface area (TPSA) is 143 Å². The van der Waals surface area contributed by atoms with Crippen LogP contribution in [-0.2, 0) is 37.9 Å². The molecule has 0 spiro atoms. The fraction of sp³-hybridized carbons (Fsp3) is 1.00. The zero-order valence-corrected chi connectivity index (χ0v) is 17.2. The first kappa shape index (κ1) is 27.9. The van der Waals surface area contributed by atoms with Crippen LogP contribution in [0.5, 0.6) is 0 Å². The van der Waals surface area contributed by atoms with E-state index in [-0.39, 0.29) is 13.2 Å². The van der Waals surface area contributed by atoms with Crippen LogP contribution in [0.1, 0.15) is 0 Å². The van der Waals surface area contributed by atoms with Crippen LogP contribution in [0.2, 0.25) is 0 Å². The lowest BCUT2D eigenvalue weighted by molar-refractivity contribution is -0.0387. The molecule has 0 saturated carbocycles. The molecule has 1 atom stereocenters.